The van der Waals surface area contributed by atoms with Crippen LogP contribution in [0.4, 0.5) is 17.1 Å². The van der Waals surface area contributed by atoms with Gasteiger partial charge in [0.05, 0.1) is 49.3 Å². The zero-order chi connectivity index (χ0) is 71.5. The van der Waals surface area contributed by atoms with Crippen LogP contribution in [0.15, 0.2) is 260 Å². The molecule has 0 N–H and O–H groups in total. The van der Waals surface area contributed by atoms with Crippen molar-refractivity contribution < 1.29 is 43.9 Å². The molecule has 0 fully saturated rings. The molecule has 0 saturated heterocycles. The minimum atomic E-state index is -2.49. The minimum Gasteiger partial charge on any atom is -0.310 e. The highest BCUT2D eigenvalue weighted by Crippen LogP contribution is 2.63. The van der Waals surface area contributed by atoms with E-state index in [2.05, 4.69) is 0 Å². The number of anilines is 3. The molecule has 2 aliphatic carbocycles. The van der Waals surface area contributed by atoms with E-state index < -0.39 is 249 Å². The molecule has 1 spiro atoms. The summed E-state index contributed by atoms with van der Waals surface area (Å²) < 4.78 is 297. The maximum atomic E-state index is 10.1. The van der Waals surface area contributed by atoms with Crippen LogP contribution in [0.2, 0.25) is 0 Å². The first kappa shape index (κ1) is 17.8. The predicted molar refractivity (Wildman–Crippen MR) is 277 cm³/mol. The molecule has 308 valence electrons. The maximum absolute atomic E-state index is 10.1. The molecule has 0 radical (unpaired) electrons. The van der Waals surface area contributed by atoms with Crippen LogP contribution in [-0.2, 0) is 5.41 Å². The summed E-state index contributed by atoms with van der Waals surface area (Å²) >= 11 is 0. The number of hydrogen-bond acceptors (Lipinski definition) is 1. The summed E-state index contributed by atoms with van der Waals surface area (Å²) in [7, 11) is 0. The molecule has 0 amide bonds. The topological polar surface area (TPSA) is 3.24 Å². The number of para-hydroxylation sites is 1. The van der Waals surface area contributed by atoms with Gasteiger partial charge in [0.25, 0.3) is 0 Å². The highest BCUT2D eigenvalue weighted by molar-refractivity contribution is 6.04. The van der Waals surface area contributed by atoms with Crippen molar-refractivity contribution in [2.24, 2.45) is 0 Å². The molecule has 1 atom stereocenters. The molecule has 2 aliphatic rings. The summed E-state index contributed by atoms with van der Waals surface area (Å²) in [4.78, 5) is 0.617. The lowest BCUT2D eigenvalue weighted by atomic mass is 9.70. The molecule has 11 aromatic rings. The van der Waals surface area contributed by atoms with Crippen molar-refractivity contribution in [2.75, 3.05) is 4.90 Å². The van der Waals surface area contributed by atoms with Crippen LogP contribution in [0.3, 0.4) is 0 Å². The molecule has 13 rings (SSSR count). The Morgan fingerprint density at radius 1 is 0.303 bits per heavy atom. The smallest absolute Gasteiger partial charge is 0.0726 e. The first-order valence-electron chi connectivity index (χ1n) is 36.3. The monoisotopic (exact) mass is 870 g/mol. The fourth-order valence-corrected chi connectivity index (χ4v) is 8.87. The molecule has 66 heavy (non-hydrogen) atoms. The predicted octanol–water partition coefficient (Wildman–Crippen LogP) is 17.3. The molecule has 0 aromatic heterocycles. The highest BCUT2D eigenvalue weighted by atomic mass is 15.1. The molecule has 0 aliphatic heterocycles. The van der Waals surface area contributed by atoms with Gasteiger partial charge in [-0.15, -0.1) is 0 Å². The average molecular weight is 870 g/mol. The lowest BCUT2D eigenvalue weighted by Gasteiger charge is -2.32. The van der Waals surface area contributed by atoms with E-state index >= 15 is 0 Å². The van der Waals surface area contributed by atoms with E-state index in [1.54, 1.807) is 0 Å². The lowest BCUT2D eigenvalue weighted by molar-refractivity contribution is 0.793. The molecule has 1 heteroatoms. The molecule has 0 bridgehead atoms. The second-order valence-electron chi connectivity index (χ2n) is 15.1. The van der Waals surface area contributed by atoms with Gasteiger partial charge in [-0.3, -0.25) is 0 Å². The summed E-state index contributed by atoms with van der Waals surface area (Å²) in [6.45, 7) is 0. The number of hydrogen-bond donors (Lipinski definition) is 0. The van der Waals surface area contributed by atoms with Crippen molar-refractivity contribution >= 4 is 27.8 Å². The van der Waals surface area contributed by atoms with Gasteiger partial charge in [-0.2, -0.15) is 0 Å². The molecule has 0 saturated carbocycles. The standard InChI is InChI=1S/C65H43N/c1-3-15-44(16-4-1)45-27-29-46(30-28-45)47-31-33-50(34-32-47)64-54-20-8-7-17-48(54)37-41-55(64)49-35-38-52(39-36-49)66(51-18-5-2-6-19-51)53-40-42-59-58-23-11-14-26-62(58)65(63(59)43-53)60-24-12-9-21-56(60)57-22-10-13-25-61(57)65/h1-43H/i1D,2D,3D,5D,6D,9D,11D,12D,14D,15D,17D,18D,19D,21D,22D,23D,24D,25D,26D,27D,29D,31D,32D,33D,34D,35D,36D,37D,38D,39D,40D,41D. The van der Waals surface area contributed by atoms with Crippen molar-refractivity contribution in [3.63, 3.8) is 0 Å². The Bertz CT molecular complexity index is 5480. The van der Waals surface area contributed by atoms with Crippen molar-refractivity contribution in [3.05, 3.63) is 282 Å². The van der Waals surface area contributed by atoms with Crippen LogP contribution >= 0.6 is 0 Å². The first-order valence-corrected chi connectivity index (χ1v) is 20.3. The SMILES string of the molecule is [2H]c1cc2c(cc1N(c1c([2H])c([2H])c([2H])c([2H])c1[2H])c1c([2H])c([2H])c(-c3c([2H])c([2H])c4c([2H])cccc4c3-c3c([2H])c([2H])c(-c4ccc(-c5ccc([2H])c([2H])c5[2H])c([2H])c4[2H])c([2H])c3[2H])c([2H])c1[2H])C1(c3c([2H])ccc([2H])c3-c3c([2H])c([2H])c([2H])c([2H])c31)c1c([2H])c([2H])c([2H])c([2H])c1-2. The number of benzene rings is 11. The summed E-state index contributed by atoms with van der Waals surface area (Å²) in [5.41, 5.74) is -11.4. The Hall–Kier alpha value is -8.52. The second-order valence-corrected chi connectivity index (χ2v) is 15.1. The highest BCUT2D eigenvalue weighted by Gasteiger charge is 2.51. The van der Waals surface area contributed by atoms with Gasteiger partial charge in [0.15, 0.2) is 0 Å². The maximum Gasteiger partial charge on any atom is 0.0726 e. The Balaban J connectivity index is 1.12. The fraction of sp³-hybridized carbons (Fsp3) is 0.0154. The van der Waals surface area contributed by atoms with Gasteiger partial charge in [0.1, 0.15) is 0 Å². The van der Waals surface area contributed by atoms with Gasteiger partial charge in [-0.05, 0) is 136 Å². The normalized spacial score (nSPS) is 20.9. The largest absolute Gasteiger partial charge is 0.310 e. The van der Waals surface area contributed by atoms with E-state index in [-0.39, 0.29) is 66.9 Å². The van der Waals surface area contributed by atoms with Gasteiger partial charge in [0.2, 0.25) is 0 Å². The molecule has 11 aromatic carbocycles. The van der Waals surface area contributed by atoms with E-state index in [0.717, 1.165) is 18.2 Å². The van der Waals surface area contributed by atoms with Crippen molar-refractivity contribution in [2.45, 2.75) is 5.41 Å². The summed E-state index contributed by atoms with van der Waals surface area (Å²) in [5, 5.41) is -0.544. The van der Waals surface area contributed by atoms with E-state index in [4.69, 9.17) is 17.8 Å². The van der Waals surface area contributed by atoms with Crippen LogP contribution in [0, 0.1) is 0 Å². The van der Waals surface area contributed by atoms with Crippen LogP contribution in [0.1, 0.15) is 66.1 Å². The van der Waals surface area contributed by atoms with Gasteiger partial charge in [-0.25, -0.2) is 0 Å². The molecule has 1 nitrogen and oxygen atoms in total. The van der Waals surface area contributed by atoms with Crippen LogP contribution in [-0.4, -0.2) is 0 Å². The first-order chi connectivity index (χ1) is 46.0. The Labute approximate surface area is 431 Å². The lowest BCUT2D eigenvalue weighted by Crippen LogP contribution is -2.26. The number of rotatable bonds is 7. The third-order valence-electron chi connectivity index (χ3n) is 11.7. The van der Waals surface area contributed by atoms with Gasteiger partial charge >= 0.3 is 0 Å². The third kappa shape index (κ3) is 5.87. The molecule has 0 heterocycles. The van der Waals surface area contributed by atoms with Crippen molar-refractivity contribution in [3.8, 4) is 66.8 Å². The zero-order valence-corrected chi connectivity index (χ0v) is 33.8. The van der Waals surface area contributed by atoms with Crippen molar-refractivity contribution in [1.82, 2.24) is 0 Å². The van der Waals surface area contributed by atoms with Gasteiger partial charge in [0, 0.05) is 17.1 Å². The Morgan fingerprint density at radius 3 is 1.70 bits per heavy atom. The molecular weight excluding hydrogens is 795 g/mol. The average Bonchev–Trinajstić information content (AvgIpc) is 1.48. The Morgan fingerprint density at radius 2 is 0.894 bits per heavy atom. The fourth-order valence-electron chi connectivity index (χ4n) is 8.87. The third-order valence-corrected chi connectivity index (χ3v) is 11.7. The summed E-state index contributed by atoms with van der Waals surface area (Å²) in [5.74, 6) is 0. The Kier molecular flexibility index (Phi) is 4.14. The zero-order valence-electron chi connectivity index (χ0n) is 65.8. The van der Waals surface area contributed by atoms with E-state index in [1.165, 1.54) is 48.5 Å². The van der Waals surface area contributed by atoms with E-state index in [9.17, 15) is 26.0 Å². The summed E-state index contributed by atoms with van der Waals surface area (Å²) in [6.07, 6.45) is 0. The van der Waals surface area contributed by atoms with E-state index in [0.29, 0.717) is 4.90 Å². The van der Waals surface area contributed by atoms with Crippen molar-refractivity contribution in [1.29, 1.82) is 0 Å². The van der Waals surface area contributed by atoms with E-state index in [1.807, 2.05) is 0 Å². The van der Waals surface area contributed by atoms with Crippen LogP contribution < -0.4 is 4.90 Å². The minimum absolute atomic E-state index is 0.0101. The molecular formula is C65H43N. The van der Waals surface area contributed by atoms with Gasteiger partial charge < -0.3 is 4.90 Å². The number of fused-ring (bicyclic) bond motifs is 11. The van der Waals surface area contributed by atoms with Crippen LogP contribution in [0.25, 0.3) is 77.5 Å². The van der Waals surface area contributed by atoms with Crippen LogP contribution in [0.5, 0.6) is 0 Å². The number of nitrogens with zero attached hydrogens (tertiary/aromatic N) is 1. The molecule has 1 unspecified atom stereocenters. The second kappa shape index (κ2) is 15.3. The summed E-state index contributed by atoms with van der Waals surface area (Å²) in [6, 6.07) is -12.5. The quantitative estimate of drug-likeness (QED) is 0.154. The van der Waals surface area contributed by atoms with Gasteiger partial charge in [-0.1, -0.05) is 224 Å².